The summed E-state index contributed by atoms with van der Waals surface area (Å²) in [6, 6.07) is -0.566. The van der Waals surface area contributed by atoms with Crippen LogP contribution in [0.2, 0.25) is 0 Å². The van der Waals surface area contributed by atoms with Crippen molar-refractivity contribution in [3.63, 3.8) is 0 Å². The number of likely N-dealkylation sites (tertiary alicyclic amines) is 1. The van der Waals surface area contributed by atoms with Gasteiger partial charge in [-0.3, -0.25) is 14.5 Å². The van der Waals surface area contributed by atoms with Crippen LogP contribution < -0.4 is 10.6 Å². The van der Waals surface area contributed by atoms with Crippen molar-refractivity contribution >= 4 is 23.2 Å². The predicted octanol–water partition coefficient (Wildman–Crippen LogP) is 2.96. The number of nitrogens with zero attached hydrogens (tertiary/aromatic N) is 2. The molecule has 0 aliphatic carbocycles. The molecule has 2 saturated heterocycles. The highest BCUT2D eigenvalue weighted by Crippen LogP contribution is 2.38. The molecule has 174 valence electrons. The van der Waals surface area contributed by atoms with Crippen LogP contribution in [0, 0.1) is 11.3 Å². The first-order valence-corrected chi connectivity index (χ1v) is 12.6. The fraction of sp³-hybridized carbons (Fsp3) is 0.783. The Labute approximate surface area is 190 Å². The second-order valence-electron chi connectivity index (χ2n) is 9.63. The molecule has 2 aliphatic rings. The number of aromatic nitrogens is 1. The standard InChI is InChI=1S/C23H38N4O3S/c1-17(2)12-20-21(28)25-18(3)14-30-11-5-4-6-23(22(29)26-20)7-9-27(10-8-23)13-19-15-31-16-24-19/h15-18,20H,4-14H2,1-3H3,(H,25,28)(H,26,29)/t18-,20+/m1/s1. The quantitative estimate of drug-likeness (QED) is 0.737. The largest absolute Gasteiger partial charge is 0.379 e. The first-order valence-electron chi connectivity index (χ1n) is 11.7. The molecule has 3 rings (SSSR count). The first kappa shape index (κ1) is 24.1. The van der Waals surface area contributed by atoms with E-state index in [4.69, 9.17) is 4.74 Å². The Bertz CT molecular complexity index is 702. The molecule has 3 heterocycles. The third-order valence-electron chi connectivity index (χ3n) is 6.44. The molecule has 1 aromatic heterocycles. The van der Waals surface area contributed by atoms with Gasteiger partial charge in [0.15, 0.2) is 0 Å². The molecule has 31 heavy (non-hydrogen) atoms. The zero-order valence-electron chi connectivity index (χ0n) is 19.2. The van der Waals surface area contributed by atoms with E-state index in [1.807, 2.05) is 12.4 Å². The Morgan fingerprint density at radius 1 is 1.23 bits per heavy atom. The van der Waals surface area contributed by atoms with Crippen molar-refractivity contribution in [2.45, 2.75) is 77.9 Å². The lowest BCUT2D eigenvalue weighted by Gasteiger charge is -2.41. The number of amides is 2. The third kappa shape index (κ3) is 6.99. The Morgan fingerprint density at radius 3 is 2.68 bits per heavy atom. The number of thiazole rings is 1. The SMILES string of the molecule is CC(C)C[C@@H]1NC(=O)C2(CCCCOC[C@@H](C)NC1=O)CCN(Cc1cscn1)CC2. The van der Waals surface area contributed by atoms with Crippen LogP contribution in [0.5, 0.6) is 0 Å². The van der Waals surface area contributed by atoms with Crippen molar-refractivity contribution < 1.29 is 14.3 Å². The highest BCUT2D eigenvalue weighted by molar-refractivity contribution is 7.07. The van der Waals surface area contributed by atoms with Gasteiger partial charge in [-0.2, -0.15) is 0 Å². The van der Waals surface area contributed by atoms with Crippen molar-refractivity contribution in [3.05, 3.63) is 16.6 Å². The molecule has 0 radical (unpaired) electrons. The summed E-state index contributed by atoms with van der Waals surface area (Å²) >= 11 is 1.62. The number of nitrogens with one attached hydrogen (secondary N) is 2. The van der Waals surface area contributed by atoms with E-state index in [9.17, 15) is 9.59 Å². The highest BCUT2D eigenvalue weighted by Gasteiger charge is 2.42. The summed E-state index contributed by atoms with van der Waals surface area (Å²) < 4.78 is 5.77. The third-order valence-corrected chi connectivity index (χ3v) is 7.08. The highest BCUT2D eigenvalue weighted by atomic mass is 32.1. The van der Waals surface area contributed by atoms with Crippen molar-refractivity contribution in [1.29, 1.82) is 0 Å². The number of carbonyl (C=O) groups is 2. The van der Waals surface area contributed by atoms with E-state index in [1.165, 1.54) is 0 Å². The van der Waals surface area contributed by atoms with Crippen LogP contribution in [-0.4, -0.2) is 60.1 Å². The molecule has 7 nitrogen and oxygen atoms in total. The lowest BCUT2D eigenvalue weighted by atomic mass is 9.73. The lowest BCUT2D eigenvalue weighted by Crippen LogP contribution is -2.55. The maximum Gasteiger partial charge on any atom is 0.242 e. The van der Waals surface area contributed by atoms with Crippen molar-refractivity contribution in [2.24, 2.45) is 11.3 Å². The van der Waals surface area contributed by atoms with E-state index in [1.54, 1.807) is 11.3 Å². The minimum atomic E-state index is -0.499. The number of hydrogen-bond acceptors (Lipinski definition) is 6. The fourth-order valence-corrected chi connectivity index (χ4v) is 5.15. The topological polar surface area (TPSA) is 83.6 Å². The summed E-state index contributed by atoms with van der Waals surface area (Å²) in [5.74, 6) is 0.261. The van der Waals surface area contributed by atoms with Gasteiger partial charge in [-0.05, 0) is 58.0 Å². The number of piperidine rings is 1. The van der Waals surface area contributed by atoms with Crippen molar-refractivity contribution in [2.75, 3.05) is 26.3 Å². The molecule has 1 aromatic rings. The summed E-state index contributed by atoms with van der Waals surface area (Å²) in [5.41, 5.74) is 2.56. The monoisotopic (exact) mass is 450 g/mol. The maximum atomic E-state index is 13.6. The predicted molar refractivity (Wildman–Crippen MR) is 123 cm³/mol. The van der Waals surface area contributed by atoms with Crippen molar-refractivity contribution in [3.8, 4) is 0 Å². The molecule has 2 aliphatic heterocycles. The van der Waals surface area contributed by atoms with Crippen LogP contribution in [0.4, 0.5) is 0 Å². The molecule has 2 fully saturated rings. The van der Waals surface area contributed by atoms with E-state index in [2.05, 4.69) is 39.7 Å². The van der Waals surface area contributed by atoms with Gasteiger partial charge in [0.25, 0.3) is 0 Å². The molecule has 0 unspecified atom stereocenters. The molecule has 0 aromatic carbocycles. The lowest BCUT2D eigenvalue weighted by molar-refractivity contribution is -0.138. The van der Waals surface area contributed by atoms with Crippen LogP contribution >= 0.6 is 11.3 Å². The van der Waals surface area contributed by atoms with Gasteiger partial charge in [0.1, 0.15) is 6.04 Å². The molecule has 0 saturated carbocycles. The summed E-state index contributed by atoms with van der Waals surface area (Å²) in [4.78, 5) is 33.3. The molecule has 1 spiro atoms. The van der Waals surface area contributed by atoms with Gasteiger partial charge in [-0.1, -0.05) is 20.3 Å². The van der Waals surface area contributed by atoms with Gasteiger partial charge >= 0.3 is 0 Å². The number of ether oxygens (including phenoxy) is 1. The van der Waals surface area contributed by atoms with Crippen LogP contribution in [0.1, 0.15) is 65.0 Å². The number of carbonyl (C=O) groups excluding carboxylic acids is 2. The van der Waals surface area contributed by atoms with E-state index < -0.39 is 11.5 Å². The van der Waals surface area contributed by atoms with Crippen LogP contribution in [0.3, 0.4) is 0 Å². The van der Waals surface area contributed by atoms with Gasteiger partial charge in [0.05, 0.1) is 23.2 Å². The van der Waals surface area contributed by atoms with Gasteiger partial charge in [-0.15, -0.1) is 11.3 Å². The summed E-state index contributed by atoms with van der Waals surface area (Å²) in [6.45, 7) is 9.88. The second-order valence-corrected chi connectivity index (χ2v) is 10.4. The van der Waals surface area contributed by atoms with Crippen LogP contribution in [0.25, 0.3) is 0 Å². The molecular formula is C23H38N4O3S. The average Bonchev–Trinajstić information content (AvgIpc) is 3.23. The maximum absolute atomic E-state index is 13.6. The zero-order valence-corrected chi connectivity index (χ0v) is 20.0. The first-order chi connectivity index (χ1) is 14.9. The minimum absolute atomic E-state index is 0.0504. The van der Waals surface area contributed by atoms with Gasteiger partial charge in [-0.25, -0.2) is 4.98 Å². The van der Waals surface area contributed by atoms with Crippen molar-refractivity contribution in [1.82, 2.24) is 20.5 Å². The Kier molecular flexibility index (Phi) is 8.86. The molecular weight excluding hydrogens is 412 g/mol. The summed E-state index contributed by atoms with van der Waals surface area (Å²) in [6.07, 6.45) is 5.01. The second kappa shape index (κ2) is 11.4. The normalized spacial score (nSPS) is 26.6. The summed E-state index contributed by atoms with van der Waals surface area (Å²) in [7, 11) is 0. The smallest absolute Gasteiger partial charge is 0.242 e. The van der Waals surface area contributed by atoms with Crippen LogP contribution in [0.15, 0.2) is 10.9 Å². The van der Waals surface area contributed by atoms with E-state index in [0.717, 1.165) is 57.4 Å². The summed E-state index contributed by atoms with van der Waals surface area (Å²) in [5, 5.41) is 8.27. The molecule has 0 bridgehead atoms. The van der Waals surface area contributed by atoms with Gasteiger partial charge in [0.2, 0.25) is 11.8 Å². The van der Waals surface area contributed by atoms with Gasteiger partial charge < -0.3 is 15.4 Å². The molecule has 8 heteroatoms. The molecule has 2 atom stereocenters. The van der Waals surface area contributed by atoms with E-state index in [0.29, 0.717) is 25.6 Å². The fourth-order valence-electron chi connectivity index (χ4n) is 4.60. The molecule has 2 amide bonds. The van der Waals surface area contributed by atoms with E-state index >= 15 is 0 Å². The molecule has 2 N–H and O–H groups in total. The minimum Gasteiger partial charge on any atom is -0.379 e. The zero-order chi connectivity index (χ0) is 22.3. The van der Waals surface area contributed by atoms with E-state index in [-0.39, 0.29) is 17.9 Å². The number of hydrogen-bond donors (Lipinski definition) is 2. The van der Waals surface area contributed by atoms with Gasteiger partial charge in [0, 0.05) is 24.6 Å². The van der Waals surface area contributed by atoms with Crippen LogP contribution in [-0.2, 0) is 20.9 Å². The average molecular weight is 451 g/mol. The Hall–Kier alpha value is -1.51. The number of rotatable bonds is 4. The Balaban J connectivity index is 1.71. The Morgan fingerprint density at radius 2 is 2.00 bits per heavy atom.